The highest BCUT2D eigenvalue weighted by Gasteiger charge is 2.45. The molecule has 3 unspecified atom stereocenters. The van der Waals surface area contributed by atoms with Crippen molar-refractivity contribution in [3.8, 4) is 0 Å². The molecule has 2 aliphatic rings. The first-order valence-corrected chi connectivity index (χ1v) is 5.17. The van der Waals surface area contributed by atoms with E-state index in [0.29, 0.717) is 0 Å². The van der Waals surface area contributed by atoms with E-state index in [0.717, 1.165) is 21.7 Å². The number of fused-ring (bicyclic) bond motifs is 1. The molecule has 0 aromatic heterocycles. The Morgan fingerprint density at radius 2 is 1.89 bits per heavy atom. The van der Waals surface area contributed by atoms with Gasteiger partial charge in [-0.1, -0.05) is 29.5 Å². The molecule has 0 aliphatic heterocycles. The second kappa shape index (κ2) is 2.11. The van der Waals surface area contributed by atoms with Crippen molar-refractivity contribution in [3.63, 3.8) is 0 Å². The van der Waals surface area contributed by atoms with Crippen LogP contribution in [-0.2, 0) is 0 Å². The second-order valence-corrected chi connectivity index (χ2v) is 5.23. The predicted molar refractivity (Wildman–Crippen MR) is 47.8 cm³/mol. The van der Waals surface area contributed by atoms with Crippen LogP contribution in [0.5, 0.6) is 0 Å². The summed E-state index contributed by atoms with van der Waals surface area (Å²) in [6, 6.07) is 0. The SMILES string of the molecule is CC1CC(I)C2CC[C@H]12. The van der Waals surface area contributed by atoms with Crippen molar-refractivity contribution in [1.29, 1.82) is 0 Å². The van der Waals surface area contributed by atoms with E-state index in [1.807, 2.05) is 0 Å². The van der Waals surface area contributed by atoms with Crippen LogP contribution in [0.25, 0.3) is 0 Å². The lowest BCUT2D eigenvalue weighted by molar-refractivity contribution is 0.185. The monoisotopic (exact) mass is 236 g/mol. The summed E-state index contributed by atoms with van der Waals surface area (Å²) in [4.78, 5) is 0. The van der Waals surface area contributed by atoms with Crippen LogP contribution >= 0.6 is 22.6 Å². The standard InChI is InChI=1S/C8H13I/c1-5-4-8(9)7-3-2-6(5)7/h5-8H,2-4H2,1H3/t5?,6-,7?,8?/m1/s1. The molecule has 0 amide bonds. The van der Waals surface area contributed by atoms with Crippen molar-refractivity contribution >= 4 is 22.6 Å². The van der Waals surface area contributed by atoms with Gasteiger partial charge in [0.25, 0.3) is 0 Å². The summed E-state index contributed by atoms with van der Waals surface area (Å²) < 4.78 is 1.02. The van der Waals surface area contributed by atoms with Crippen LogP contribution in [0.4, 0.5) is 0 Å². The van der Waals surface area contributed by atoms with Crippen LogP contribution in [0.3, 0.4) is 0 Å². The molecule has 2 saturated carbocycles. The quantitative estimate of drug-likeness (QED) is 0.448. The maximum Gasteiger partial charge on any atom is 0.0143 e. The van der Waals surface area contributed by atoms with Gasteiger partial charge < -0.3 is 0 Å². The molecule has 9 heavy (non-hydrogen) atoms. The summed E-state index contributed by atoms with van der Waals surface area (Å²) in [6.07, 6.45) is 4.56. The van der Waals surface area contributed by atoms with Gasteiger partial charge in [0.1, 0.15) is 0 Å². The molecular weight excluding hydrogens is 223 g/mol. The van der Waals surface area contributed by atoms with Crippen molar-refractivity contribution in [1.82, 2.24) is 0 Å². The molecule has 4 atom stereocenters. The Morgan fingerprint density at radius 3 is 2.11 bits per heavy atom. The summed E-state index contributed by atoms with van der Waals surface area (Å²) in [6.45, 7) is 2.43. The largest absolute Gasteiger partial charge is 0.0823 e. The van der Waals surface area contributed by atoms with Crippen LogP contribution in [0.2, 0.25) is 0 Å². The molecular formula is C8H13I. The summed E-state index contributed by atoms with van der Waals surface area (Å²) >= 11 is 2.64. The van der Waals surface area contributed by atoms with Crippen molar-refractivity contribution in [2.75, 3.05) is 0 Å². The van der Waals surface area contributed by atoms with Gasteiger partial charge in [-0.25, -0.2) is 0 Å². The molecule has 0 bridgehead atoms. The molecule has 0 aromatic carbocycles. The summed E-state index contributed by atoms with van der Waals surface area (Å²) in [5.74, 6) is 3.30. The van der Waals surface area contributed by atoms with Crippen LogP contribution in [0.15, 0.2) is 0 Å². The van der Waals surface area contributed by atoms with E-state index in [1.54, 1.807) is 0 Å². The third-order valence-electron chi connectivity index (χ3n) is 3.18. The lowest BCUT2D eigenvalue weighted by Gasteiger charge is -2.34. The van der Waals surface area contributed by atoms with Gasteiger partial charge in [0.2, 0.25) is 0 Å². The Bertz CT molecular complexity index is 108. The maximum absolute atomic E-state index is 2.64. The van der Waals surface area contributed by atoms with Gasteiger partial charge in [0.05, 0.1) is 0 Å². The minimum atomic E-state index is 1.02. The molecule has 0 heterocycles. The minimum Gasteiger partial charge on any atom is -0.0823 e. The van der Waals surface area contributed by atoms with Gasteiger partial charge in [-0.05, 0) is 37.0 Å². The Balaban J connectivity index is 2.08. The van der Waals surface area contributed by atoms with E-state index >= 15 is 0 Å². The molecule has 2 rings (SSSR count). The Kier molecular flexibility index (Phi) is 1.51. The third-order valence-corrected chi connectivity index (χ3v) is 4.61. The van der Waals surface area contributed by atoms with Gasteiger partial charge in [-0.15, -0.1) is 0 Å². The van der Waals surface area contributed by atoms with Crippen molar-refractivity contribution in [2.24, 2.45) is 17.8 Å². The lowest BCUT2D eigenvalue weighted by atomic mass is 9.73. The summed E-state index contributed by atoms with van der Waals surface area (Å²) in [5, 5.41) is 0. The van der Waals surface area contributed by atoms with Crippen molar-refractivity contribution in [2.45, 2.75) is 30.1 Å². The molecule has 0 aromatic rings. The molecule has 0 N–H and O–H groups in total. The fourth-order valence-electron chi connectivity index (χ4n) is 2.41. The number of hydrogen-bond donors (Lipinski definition) is 0. The molecule has 2 fully saturated rings. The predicted octanol–water partition coefficient (Wildman–Crippen LogP) is 2.86. The molecule has 52 valence electrons. The molecule has 2 aliphatic carbocycles. The highest BCUT2D eigenvalue weighted by molar-refractivity contribution is 14.1. The van der Waals surface area contributed by atoms with Gasteiger partial charge in [0.15, 0.2) is 0 Å². The molecule has 0 saturated heterocycles. The highest BCUT2D eigenvalue weighted by Crippen LogP contribution is 2.52. The average molecular weight is 236 g/mol. The third kappa shape index (κ3) is 0.837. The Hall–Kier alpha value is 0.730. The van der Waals surface area contributed by atoms with Gasteiger partial charge in [-0.2, -0.15) is 0 Å². The van der Waals surface area contributed by atoms with E-state index < -0.39 is 0 Å². The van der Waals surface area contributed by atoms with E-state index in [4.69, 9.17) is 0 Å². The summed E-state index contributed by atoms with van der Waals surface area (Å²) in [7, 11) is 0. The van der Waals surface area contributed by atoms with E-state index in [1.165, 1.54) is 19.3 Å². The van der Waals surface area contributed by atoms with Crippen LogP contribution in [-0.4, -0.2) is 3.92 Å². The zero-order valence-electron chi connectivity index (χ0n) is 5.81. The first-order valence-electron chi connectivity index (χ1n) is 3.93. The molecule has 0 nitrogen and oxygen atoms in total. The lowest BCUT2D eigenvalue weighted by Crippen LogP contribution is -2.27. The molecule has 0 spiro atoms. The van der Waals surface area contributed by atoms with Crippen molar-refractivity contribution in [3.05, 3.63) is 0 Å². The van der Waals surface area contributed by atoms with E-state index in [-0.39, 0.29) is 0 Å². The van der Waals surface area contributed by atoms with Crippen LogP contribution < -0.4 is 0 Å². The zero-order valence-corrected chi connectivity index (χ0v) is 7.97. The first-order chi connectivity index (χ1) is 4.29. The number of halogens is 1. The fraction of sp³-hybridized carbons (Fsp3) is 1.00. The first kappa shape index (κ1) is 6.44. The average Bonchev–Trinajstić information content (AvgIpc) is 1.73. The van der Waals surface area contributed by atoms with E-state index in [9.17, 15) is 0 Å². The Labute approximate surface area is 70.5 Å². The number of rotatable bonds is 0. The highest BCUT2D eigenvalue weighted by atomic mass is 127. The smallest absolute Gasteiger partial charge is 0.0143 e. The number of hydrogen-bond acceptors (Lipinski definition) is 0. The molecule has 0 radical (unpaired) electrons. The summed E-state index contributed by atoms with van der Waals surface area (Å²) in [5.41, 5.74) is 0. The van der Waals surface area contributed by atoms with Gasteiger partial charge >= 0.3 is 0 Å². The van der Waals surface area contributed by atoms with Crippen LogP contribution in [0.1, 0.15) is 26.2 Å². The maximum atomic E-state index is 2.64. The topological polar surface area (TPSA) is 0 Å². The van der Waals surface area contributed by atoms with Gasteiger partial charge in [0, 0.05) is 3.92 Å². The fourth-order valence-corrected chi connectivity index (χ4v) is 4.11. The zero-order chi connectivity index (χ0) is 6.43. The normalized spacial score (nSPS) is 56.7. The van der Waals surface area contributed by atoms with E-state index in [2.05, 4.69) is 29.5 Å². The Morgan fingerprint density at radius 1 is 1.22 bits per heavy atom. The van der Waals surface area contributed by atoms with Gasteiger partial charge in [-0.3, -0.25) is 0 Å². The van der Waals surface area contributed by atoms with Crippen LogP contribution in [0, 0.1) is 17.8 Å². The van der Waals surface area contributed by atoms with Crippen molar-refractivity contribution < 1.29 is 0 Å². The molecule has 1 heteroatoms. The minimum absolute atomic E-state index is 1.02. The number of alkyl halides is 1. The second-order valence-electron chi connectivity index (χ2n) is 3.63.